The molecule has 2 heterocycles. The molecule has 0 aliphatic carbocycles. The van der Waals surface area contributed by atoms with Gasteiger partial charge < -0.3 is 9.97 Å². The van der Waals surface area contributed by atoms with Gasteiger partial charge in [0.2, 0.25) is 0 Å². The van der Waals surface area contributed by atoms with E-state index >= 15 is 0 Å². The largest absolute Gasteiger partial charge is 0.368 e. The molecule has 96 valence electrons. The third kappa shape index (κ3) is 4.91. The molecule has 0 saturated heterocycles. The minimum atomic E-state index is 0. The number of hydrogen-bond donors (Lipinski definition) is 2. The van der Waals surface area contributed by atoms with Gasteiger partial charge in [-0.05, 0) is 42.5 Å². The normalized spacial score (nSPS) is 9.12. The van der Waals surface area contributed by atoms with Crippen LogP contribution in [0.4, 0.5) is 0 Å². The van der Waals surface area contributed by atoms with Gasteiger partial charge >= 0.3 is 0 Å². The number of rotatable bonds is 3. The van der Waals surface area contributed by atoms with E-state index in [1.54, 1.807) is 0 Å². The fraction of sp³-hybridized carbons (Fsp3) is 0.429. The number of H-pyrrole nitrogens is 2. The van der Waals surface area contributed by atoms with Gasteiger partial charge in [-0.2, -0.15) is 0 Å². The molecule has 0 atom stereocenters. The maximum absolute atomic E-state index is 3.33. The first-order chi connectivity index (χ1) is 7.83. The van der Waals surface area contributed by atoms with Crippen molar-refractivity contribution in [2.75, 3.05) is 0 Å². The topological polar surface area (TPSA) is 31.6 Å². The molecule has 0 fully saturated rings. The Kier molecular flexibility index (Phi) is 8.79. The van der Waals surface area contributed by atoms with Crippen LogP contribution < -0.4 is 0 Å². The Morgan fingerprint density at radius 3 is 1.94 bits per heavy atom. The van der Waals surface area contributed by atoms with Crippen molar-refractivity contribution in [3.05, 3.63) is 47.5 Å². The molecular formula is C14H22N2Ru. The van der Waals surface area contributed by atoms with E-state index in [-0.39, 0.29) is 19.5 Å². The molecule has 17 heavy (non-hydrogen) atoms. The van der Waals surface area contributed by atoms with Crippen LogP contribution in [0.25, 0.3) is 0 Å². The zero-order valence-corrected chi connectivity index (χ0v) is 12.6. The number of aromatic nitrogens is 2. The summed E-state index contributed by atoms with van der Waals surface area (Å²) < 4.78 is 0. The van der Waals surface area contributed by atoms with Crippen molar-refractivity contribution < 1.29 is 19.5 Å². The SMILES string of the molecule is CCc1c[nH]c(CC)c1CC.[Ru].c1cc[nH]c1. The van der Waals surface area contributed by atoms with E-state index in [4.69, 9.17) is 0 Å². The third-order valence-electron chi connectivity index (χ3n) is 2.76. The molecule has 0 amide bonds. The first kappa shape index (κ1) is 16.2. The Balaban J connectivity index is 0.000000360. The summed E-state index contributed by atoms with van der Waals surface area (Å²) in [4.78, 5) is 6.19. The number of aromatic amines is 2. The number of aryl methyl sites for hydroxylation is 2. The van der Waals surface area contributed by atoms with Crippen molar-refractivity contribution in [2.24, 2.45) is 0 Å². The fourth-order valence-electron chi connectivity index (χ4n) is 1.89. The Bertz CT molecular complexity index is 338. The summed E-state index contributed by atoms with van der Waals surface area (Å²) in [5.41, 5.74) is 4.45. The molecule has 2 aromatic heterocycles. The predicted molar refractivity (Wildman–Crippen MR) is 69.7 cm³/mol. The molecule has 3 heteroatoms. The maximum Gasteiger partial charge on any atom is 0.0179 e. The van der Waals surface area contributed by atoms with Crippen molar-refractivity contribution in [1.29, 1.82) is 0 Å². The van der Waals surface area contributed by atoms with Gasteiger partial charge in [-0.15, -0.1) is 0 Å². The van der Waals surface area contributed by atoms with Crippen LogP contribution in [0.1, 0.15) is 37.6 Å². The molecule has 0 aromatic carbocycles. The first-order valence-corrected chi connectivity index (χ1v) is 6.09. The summed E-state index contributed by atoms with van der Waals surface area (Å²) in [6.45, 7) is 6.63. The van der Waals surface area contributed by atoms with E-state index in [0.29, 0.717) is 0 Å². The fourth-order valence-corrected chi connectivity index (χ4v) is 1.89. The Morgan fingerprint density at radius 1 is 0.941 bits per heavy atom. The second-order valence-electron chi connectivity index (χ2n) is 3.72. The van der Waals surface area contributed by atoms with E-state index in [1.165, 1.54) is 16.8 Å². The van der Waals surface area contributed by atoms with Crippen LogP contribution in [0.5, 0.6) is 0 Å². The monoisotopic (exact) mass is 320 g/mol. The summed E-state index contributed by atoms with van der Waals surface area (Å²) >= 11 is 0. The molecule has 0 unspecified atom stereocenters. The van der Waals surface area contributed by atoms with Crippen LogP contribution in [0.2, 0.25) is 0 Å². The van der Waals surface area contributed by atoms with E-state index in [1.807, 2.05) is 24.5 Å². The minimum absolute atomic E-state index is 0. The molecule has 0 bridgehead atoms. The maximum atomic E-state index is 3.33. The molecule has 2 nitrogen and oxygen atoms in total. The van der Waals surface area contributed by atoms with Gasteiger partial charge in [0.05, 0.1) is 0 Å². The van der Waals surface area contributed by atoms with Crippen molar-refractivity contribution in [1.82, 2.24) is 9.97 Å². The van der Waals surface area contributed by atoms with E-state index in [9.17, 15) is 0 Å². The van der Waals surface area contributed by atoms with Gasteiger partial charge in [0, 0.05) is 43.8 Å². The third-order valence-corrected chi connectivity index (χ3v) is 2.76. The summed E-state index contributed by atoms with van der Waals surface area (Å²) in [7, 11) is 0. The molecule has 2 aromatic rings. The van der Waals surface area contributed by atoms with Gasteiger partial charge in [0.1, 0.15) is 0 Å². The van der Waals surface area contributed by atoms with Gasteiger partial charge in [0.25, 0.3) is 0 Å². The average molecular weight is 319 g/mol. The Hall–Kier alpha value is -0.817. The number of nitrogens with one attached hydrogen (secondary N) is 2. The first-order valence-electron chi connectivity index (χ1n) is 6.09. The van der Waals surface area contributed by atoms with Gasteiger partial charge in [-0.25, -0.2) is 0 Å². The molecule has 0 aliphatic rings. The number of hydrogen-bond acceptors (Lipinski definition) is 0. The molecule has 2 N–H and O–H groups in total. The second kappa shape index (κ2) is 9.24. The average Bonchev–Trinajstić information content (AvgIpc) is 3.00. The molecule has 0 aliphatic heterocycles. The Labute approximate surface area is 117 Å². The van der Waals surface area contributed by atoms with Gasteiger partial charge in [-0.1, -0.05) is 20.8 Å². The summed E-state index contributed by atoms with van der Waals surface area (Å²) in [6, 6.07) is 3.89. The molecular weight excluding hydrogens is 297 g/mol. The quantitative estimate of drug-likeness (QED) is 0.808. The summed E-state index contributed by atoms with van der Waals surface area (Å²) in [5.74, 6) is 0. The van der Waals surface area contributed by atoms with Crippen LogP contribution in [0.3, 0.4) is 0 Å². The van der Waals surface area contributed by atoms with Crippen molar-refractivity contribution >= 4 is 0 Å². The van der Waals surface area contributed by atoms with Crippen molar-refractivity contribution in [3.8, 4) is 0 Å². The van der Waals surface area contributed by atoms with Crippen LogP contribution in [0.15, 0.2) is 30.7 Å². The van der Waals surface area contributed by atoms with Crippen LogP contribution >= 0.6 is 0 Å². The standard InChI is InChI=1S/C10H17N.C4H5N.Ru/c1-4-8-7-11-10(6-3)9(8)5-2;1-2-4-5-3-1;/h7,11H,4-6H2,1-3H3;1-5H;. The van der Waals surface area contributed by atoms with Crippen LogP contribution in [-0.2, 0) is 38.7 Å². The van der Waals surface area contributed by atoms with Gasteiger partial charge in [0.15, 0.2) is 0 Å². The molecule has 0 radical (unpaired) electrons. The van der Waals surface area contributed by atoms with E-state index in [0.717, 1.165) is 19.3 Å². The summed E-state index contributed by atoms with van der Waals surface area (Å²) in [5, 5.41) is 0. The zero-order chi connectivity index (χ0) is 11.8. The van der Waals surface area contributed by atoms with Crippen LogP contribution in [0, 0.1) is 0 Å². The van der Waals surface area contributed by atoms with E-state index in [2.05, 4.69) is 36.9 Å². The zero-order valence-electron chi connectivity index (χ0n) is 10.9. The smallest absolute Gasteiger partial charge is 0.0179 e. The molecule has 0 spiro atoms. The minimum Gasteiger partial charge on any atom is -0.368 e. The summed E-state index contributed by atoms with van der Waals surface area (Å²) in [6.07, 6.45) is 9.34. The molecule has 2 rings (SSSR count). The second-order valence-corrected chi connectivity index (χ2v) is 3.72. The van der Waals surface area contributed by atoms with Crippen molar-refractivity contribution in [3.63, 3.8) is 0 Å². The van der Waals surface area contributed by atoms with Crippen LogP contribution in [-0.4, -0.2) is 9.97 Å². The molecule has 0 saturated carbocycles. The Morgan fingerprint density at radius 2 is 1.59 bits per heavy atom. The van der Waals surface area contributed by atoms with Crippen molar-refractivity contribution in [2.45, 2.75) is 40.0 Å². The van der Waals surface area contributed by atoms with E-state index < -0.39 is 0 Å². The predicted octanol–water partition coefficient (Wildman–Crippen LogP) is 3.71. The van der Waals surface area contributed by atoms with Gasteiger partial charge in [-0.3, -0.25) is 0 Å².